The molecule has 0 bridgehead atoms. The number of aromatic nitrogens is 1. The van der Waals surface area contributed by atoms with Crippen LogP contribution in [0, 0.1) is 12.8 Å². The van der Waals surface area contributed by atoms with Crippen LogP contribution in [0.25, 0.3) is 11.5 Å². The van der Waals surface area contributed by atoms with Crippen molar-refractivity contribution in [2.24, 2.45) is 5.92 Å². The largest absolute Gasteiger partial charge is 0.487 e. The fraction of sp³-hybridized carbons (Fsp3) is 0.370. The Kier molecular flexibility index (Phi) is 7.39. The second kappa shape index (κ2) is 10.6. The number of carboxylic acid groups (broad SMARTS) is 1. The number of aryl methyl sites for hydroxylation is 1. The Morgan fingerprint density at radius 2 is 1.91 bits per heavy atom. The average molecular weight is 479 g/mol. The first-order valence-electron chi connectivity index (χ1n) is 11.7. The number of ether oxygens (including phenoxy) is 2. The number of amides is 1. The minimum Gasteiger partial charge on any atom is -0.487 e. The second-order valence-electron chi connectivity index (χ2n) is 9.05. The minimum atomic E-state index is -0.887. The molecule has 2 heterocycles. The van der Waals surface area contributed by atoms with E-state index in [1.807, 2.05) is 61.5 Å². The lowest BCUT2D eigenvalue weighted by atomic mass is 9.87. The van der Waals surface area contributed by atoms with Crippen LogP contribution in [0.5, 0.6) is 5.75 Å². The summed E-state index contributed by atoms with van der Waals surface area (Å²) < 4.78 is 17.2. The van der Waals surface area contributed by atoms with Crippen molar-refractivity contribution in [2.75, 3.05) is 13.1 Å². The first-order valence-corrected chi connectivity index (χ1v) is 11.7. The van der Waals surface area contributed by atoms with E-state index >= 15 is 0 Å². The van der Waals surface area contributed by atoms with Crippen molar-refractivity contribution in [3.8, 4) is 17.2 Å². The number of carbonyl (C=O) groups excluding carboxylic acids is 1. The third-order valence-electron chi connectivity index (χ3n) is 6.05. The van der Waals surface area contributed by atoms with Gasteiger partial charge < -0.3 is 23.9 Å². The number of oxazole rings is 1. The van der Waals surface area contributed by atoms with Crippen LogP contribution in [0.2, 0.25) is 0 Å². The third-order valence-corrected chi connectivity index (χ3v) is 6.05. The number of carbonyl (C=O) groups is 2. The van der Waals surface area contributed by atoms with Crippen LogP contribution in [0.15, 0.2) is 59.0 Å². The molecule has 0 spiro atoms. The molecule has 35 heavy (non-hydrogen) atoms. The van der Waals surface area contributed by atoms with Crippen molar-refractivity contribution < 1.29 is 28.6 Å². The molecule has 3 aromatic rings. The van der Waals surface area contributed by atoms with E-state index in [1.165, 1.54) is 0 Å². The Hall–Kier alpha value is -3.81. The summed E-state index contributed by atoms with van der Waals surface area (Å²) in [5, 5.41) is 9.41. The Morgan fingerprint density at radius 1 is 1.14 bits per heavy atom. The monoisotopic (exact) mass is 478 g/mol. The highest BCUT2D eigenvalue weighted by atomic mass is 16.6. The first-order chi connectivity index (χ1) is 16.8. The molecule has 8 nitrogen and oxygen atoms in total. The van der Waals surface area contributed by atoms with E-state index in [-0.39, 0.29) is 31.0 Å². The van der Waals surface area contributed by atoms with Gasteiger partial charge in [-0.2, -0.15) is 0 Å². The van der Waals surface area contributed by atoms with Gasteiger partial charge in [0.05, 0.1) is 12.5 Å². The standard InChI is InChI=1S/C27H30N2O6/c1-17(2)34-27(32)29-14-21(13-25(30)31)23(15-29)20-10-7-11-22(12-20)33-16-24-18(3)35-26(28-24)19-8-5-4-6-9-19/h4-12,17,21,23H,13-16H2,1-3H3,(H,30,31)/t21-,23-/m0/s1. The summed E-state index contributed by atoms with van der Waals surface area (Å²) in [4.78, 5) is 30.1. The van der Waals surface area contributed by atoms with E-state index in [2.05, 4.69) is 4.98 Å². The lowest BCUT2D eigenvalue weighted by Crippen LogP contribution is -2.31. The number of aliphatic carboxylic acids is 1. The quantitative estimate of drug-likeness (QED) is 0.471. The maximum atomic E-state index is 12.4. The molecule has 1 amide bonds. The number of nitrogens with zero attached hydrogens (tertiary/aromatic N) is 2. The molecule has 0 saturated carbocycles. The van der Waals surface area contributed by atoms with Crippen LogP contribution in [0.3, 0.4) is 0 Å². The number of hydrogen-bond donors (Lipinski definition) is 1. The van der Waals surface area contributed by atoms with Gasteiger partial charge in [-0.1, -0.05) is 30.3 Å². The van der Waals surface area contributed by atoms with Gasteiger partial charge in [0.25, 0.3) is 0 Å². The van der Waals surface area contributed by atoms with E-state index < -0.39 is 12.1 Å². The van der Waals surface area contributed by atoms with Crippen LogP contribution in [-0.2, 0) is 16.1 Å². The number of likely N-dealkylation sites (tertiary alicyclic amines) is 1. The SMILES string of the molecule is Cc1oc(-c2ccccc2)nc1COc1cccc([C@@H]2CN(C(=O)OC(C)C)C[C@@H]2CC(=O)O)c1. The van der Waals surface area contributed by atoms with E-state index in [0.29, 0.717) is 36.2 Å². The Bertz CT molecular complexity index is 1170. The number of hydrogen-bond acceptors (Lipinski definition) is 6. The second-order valence-corrected chi connectivity index (χ2v) is 9.05. The molecule has 8 heteroatoms. The maximum absolute atomic E-state index is 12.4. The highest BCUT2D eigenvalue weighted by Crippen LogP contribution is 2.36. The molecule has 1 aliphatic heterocycles. The van der Waals surface area contributed by atoms with Crippen LogP contribution >= 0.6 is 0 Å². The molecule has 1 fully saturated rings. The summed E-state index contributed by atoms with van der Waals surface area (Å²) in [5.74, 6) is 0.648. The number of rotatable bonds is 8. The van der Waals surface area contributed by atoms with Gasteiger partial charge in [-0.3, -0.25) is 4.79 Å². The van der Waals surface area contributed by atoms with Crippen molar-refractivity contribution in [1.29, 1.82) is 0 Å². The van der Waals surface area contributed by atoms with Crippen LogP contribution in [0.1, 0.15) is 43.2 Å². The molecule has 0 unspecified atom stereocenters. The highest BCUT2D eigenvalue weighted by Gasteiger charge is 2.38. The zero-order valence-corrected chi connectivity index (χ0v) is 20.1. The van der Waals surface area contributed by atoms with Gasteiger partial charge in [0.15, 0.2) is 0 Å². The van der Waals surface area contributed by atoms with E-state index in [0.717, 1.165) is 11.1 Å². The van der Waals surface area contributed by atoms with Crippen molar-refractivity contribution in [2.45, 2.75) is 45.8 Å². The first kappa shape index (κ1) is 24.3. The summed E-state index contributed by atoms with van der Waals surface area (Å²) in [6, 6.07) is 17.3. The summed E-state index contributed by atoms with van der Waals surface area (Å²) in [6.07, 6.45) is -0.679. The zero-order valence-electron chi connectivity index (χ0n) is 20.1. The Balaban J connectivity index is 1.47. The van der Waals surface area contributed by atoms with Crippen molar-refractivity contribution >= 4 is 12.1 Å². The summed E-state index contributed by atoms with van der Waals surface area (Å²) >= 11 is 0. The van der Waals surface area contributed by atoms with Gasteiger partial charge in [0.1, 0.15) is 23.8 Å². The van der Waals surface area contributed by atoms with Gasteiger partial charge >= 0.3 is 12.1 Å². The van der Waals surface area contributed by atoms with Gasteiger partial charge in [0, 0.05) is 24.6 Å². The lowest BCUT2D eigenvalue weighted by molar-refractivity contribution is -0.138. The maximum Gasteiger partial charge on any atom is 0.410 e. The lowest BCUT2D eigenvalue weighted by Gasteiger charge is -2.18. The van der Waals surface area contributed by atoms with Gasteiger partial charge in [0.2, 0.25) is 5.89 Å². The van der Waals surface area contributed by atoms with E-state index in [4.69, 9.17) is 13.9 Å². The summed E-state index contributed by atoms with van der Waals surface area (Å²) in [7, 11) is 0. The molecule has 1 aliphatic rings. The minimum absolute atomic E-state index is 0.0262. The summed E-state index contributed by atoms with van der Waals surface area (Å²) in [5.41, 5.74) is 2.53. The number of carboxylic acids is 1. The fourth-order valence-electron chi connectivity index (χ4n) is 4.36. The predicted octanol–water partition coefficient (Wildman–Crippen LogP) is 5.26. The Labute approximate surface area is 204 Å². The van der Waals surface area contributed by atoms with Crippen LogP contribution in [0.4, 0.5) is 4.79 Å². The summed E-state index contributed by atoms with van der Waals surface area (Å²) in [6.45, 7) is 6.42. The van der Waals surface area contributed by atoms with Crippen LogP contribution < -0.4 is 4.74 Å². The van der Waals surface area contributed by atoms with Crippen molar-refractivity contribution in [3.63, 3.8) is 0 Å². The zero-order chi connectivity index (χ0) is 24.9. The fourth-order valence-corrected chi connectivity index (χ4v) is 4.36. The molecule has 2 atom stereocenters. The molecular formula is C27H30N2O6. The highest BCUT2D eigenvalue weighted by molar-refractivity contribution is 5.70. The molecule has 4 rings (SSSR count). The number of benzene rings is 2. The van der Waals surface area contributed by atoms with E-state index in [9.17, 15) is 14.7 Å². The smallest absolute Gasteiger partial charge is 0.410 e. The Morgan fingerprint density at radius 3 is 2.63 bits per heavy atom. The van der Waals surface area contributed by atoms with Crippen LogP contribution in [-0.4, -0.2) is 46.2 Å². The molecule has 0 radical (unpaired) electrons. The molecule has 1 N–H and O–H groups in total. The molecule has 1 saturated heterocycles. The van der Waals surface area contributed by atoms with Crippen molar-refractivity contribution in [1.82, 2.24) is 9.88 Å². The van der Waals surface area contributed by atoms with Gasteiger partial charge in [-0.05, 0) is 56.5 Å². The normalized spacial score (nSPS) is 17.5. The van der Waals surface area contributed by atoms with Crippen molar-refractivity contribution in [3.05, 3.63) is 71.6 Å². The predicted molar refractivity (Wildman–Crippen MR) is 129 cm³/mol. The third kappa shape index (κ3) is 6.01. The molecule has 1 aromatic heterocycles. The molecule has 184 valence electrons. The van der Waals surface area contributed by atoms with E-state index in [1.54, 1.807) is 18.7 Å². The average Bonchev–Trinajstić information content (AvgIpc) is 3.41. The van der Waals surface area contributed by atoms with Gasteiger partial charge in [-0.25, -0.2) is 9.78 Å². The topological polar surface area (TPSA) is 102 Å². The molecule has 2 aromatic carbocycles. The molecular weight excluding hydrogens is 448 g/mol. The van der Waals surface area contributed by atoms with Gasteiger partial charge in [-0.15, -0.1) is 0 Å². The molecule has 0 aliphatic carbocycles.